The number of ketones is 1. The normalized spacial score (nSPS) is 35.9. The summed E-state index contributed by atoms with van der Waals surface area (Å²) in [6.45, 7) is -0.0203. The Balaban J connectivity index is 1.25. The second-order valence-electron chi connectivity index (χ2n) is 8.61. The van der Waals surface area contributed by atoms with E-state index < -0.39 is 0 Å². The van der Waals surface area contributed by atoms with Crippen LogP contribution in [0.2, 0.25) is 0 Å². The van der Waals surface area contributed by atoms with Crippen molar-refractivity contribution in [1.29, 1.82) is 0 Å². The predicted molar refractivity (Wildman–Crippen MR) is 92.2 cm³/mol. The van der Waals surface area contributed by atoms with Gasteiger partial charge in [0.25, 0.3) is 0 Å². The molecule has 0 radical (unpaired) electrons. The zero-order valence-corrected chi connectivity index (χ0v) is 14.8. The van der Waals surface area contributed by atoms with Crippen LogP contribution in [0.15, 0.2) is 6.07 Å². The summed E-state index contributed by atoms with van der Waals surface area (Å²) in [4.78, 5) is 27.2. The topological polar surface area (TPSA) is 43.4 Å². The third-order valence-electron chi connectivity index (χ3n) is 6.91. The molecule has 5 aliphatic rings. The van der Waals surface area contributed by atoms with Crippen molar-refractivity contribution < 1.29 is 14.3 Å². The van der Waals surface area contributed by atoms with Crippen LogP contribution in [-0.4, -0.2) is 18.4 Å². The van der Waals surface area contributed by atoms with Crippen molar-refractivity contribution >= 4 is 23.1 Å². The molecule has 0 atom stereocenters. The molecule has 5 aliphatic carbocycles. The Bertz CT molecular complexity index is 645. The molecule has 4 bridgehead atoms. The lowest BCUT2D eigenvalue weighted by Crippen LogP contribution is -2.51. The smallest absolute Gasteiger partial charge is 0.348 e. The molecule has 0 aliphatic heterocycles. The monoisotopic (exact) mass is 344 g/mol. The average Bonchev–Trinajstić information content (AvgIpc) is 3.12. The van der Waals surface area contributed by atoms with Gasteiger partial charge in [0.2, 0.25) is 0 Å². The van der Waals surface area contributed by atoms with Crippen LogP contribution in [0.5, 0.6) is 0 Å². The van der Waals surface area contributed by atoms with Gasteiger partial charge in [-0.1, -0.05) is 0 Å². The largest absolute Gasteiger partial charge is 0.453 e. The second kappa shape index (κ2) is 5.42. The van der Waals surface area contributed by atoms with Gasteiger partial charge in [0, 0.05) is 10.3 Å². The summed E-state index contributed by atoms with van der Waals surface area (Å²) in [5, 5.41) is 0. The summed E-state index contributed by atoms with van der Waals surface area (Å²) in [5.41, 5.74) is 1.14. The van der Waals surface area contributed by atoms with Crippen molar-refractivity contribution in [3.8, 4) is 0 Å². The lowest BCUT2D eigenvalue weighted by atomic mass is 9.48. The Morgan fingerprint density at radius 1 is 1.08 bits per heavy atom. The number of Topliss-reactive ketones (excluding diaryl/α,β-unsaturated/α-hetero) is 1. The molecule has 0 aromatic carbocycles. The molecule has 1 aromatic rings. The molecule has 0 amide bonds. The van der Waals surface area contributed by atoms with Gasteiger partial charge in [0.05, 0.1) is 0 Å². The molecule has 0 N–H and O–H groups in total. The summed E-state index contributed by atoms with van der Waals surface area (Å²) in [6.07, 6.45) is 10.5. The van der Waals surface area contributed by atoms with Gasteiger partial charge >= 0.3 is 5.97 Å². The third kappa shape index (κ3) is 2.37. The van der Waals surface area contributed by atoms with E-state index in [4.69, 9.17) is 4.74 Å². The van der Waals surface area contributed by atoms with Gasteiger partial charge in [-0.15, -0.1) is 11.3 Å². The highest BCUT2D eigenvalue weighted by molar-refractivity contribution is 7.14. The first-order chi connectivity index (χ1) is 11.6. The third-order valence-corrected chi connectivity index (χ3v) is 8.13. The van der Waals surface area contributed by atoms with Gasteiger partial charge in [-0.05, 0) is 87.2 Å². The van der Waals surface area contributed by atoms with Crippen LogP contribution >= 0.6 is 11.3 Å². The summed E-state index contributed by atoms with van der Waals surface area (Å²) in [6, 6.07) is 1.98. The van der Waals surface area contributed by atoms with Gasteiger partial charge in [0.15, 0.2) is 12.4 Å². The lowest BCUT2D eigenvalue weighted by Gasteiger charge is -2.55. The van der Waals surface area contributed by atoms with Crippen molar-refractivity contribution in [3.05, 3.63) is 21.4 Å². The van der Waals surface area contributed by atoms with E-state index in [2.05, 4.69) is 0 Å². The molecule has 128 valence electrons. The molecule has 0 saturated heterocycles. The van der Waals surface area contributed by atoms with Gasteiger partial charge < -0.3 is 4.74 Å². The van der Waals surface area contributed by atoms with Crippen molar-refractivity contribution in [2.45, 2.75) is 57.8 Å². The Labute approximate surface area is 146 Å². The first kappa shape index (κ1) is 15.1. The van der Waals surface area contributed by atoms with Gasteiger partial charge in [0.1, 0.15) is 4.88 Å². The van der Waals surface area contributed by atoms with E-state index in [1.54, 1.807) is 11.3 Å². The van der Waals surface area contributed by atoms with Crippen molar-refractivity contribution in [2.75, 3.05) is 6.61 Å². The van der Waals surface area contributed by atoms with Crippen LogP contribution in [0.3, 0.4) is 0 Å². The highest BCUT2D eigenvalue weighted by Gasteiger charge is 2.54. The minimum atomic E-state index is -0.299. The van der Waals surface area contributed by atoms with Crippen LogP contribution < -0.4 is 0 Å². The van der Waals surface area contributed by atoms with Gasteiger partial charge in [-0.25, -0.2) is 4.79 Å². The van der Waals surface area contributed by atoms with Crippen LogP contribution in [0, 0.1) is 23.2 Å². The van der Waals surface area contributed by atoms with Crippen LogP contribution in [0.4, 0.5) is 0 Å². The highest BCUT2D eigenvalue weighted by Crippen LogP contribution is 2.60. The molecule has 4 fully saturated rings. The minimum absolute atomic E-state index is 0.0203. The Morgan fingerprint density at radius 3 is 2.38 bits per heavy atom. The summed E-state index contributed by atoms with van der Waals surface area (Å²) >= 11 is 1.56. The zero-order chi connectivity index (χ0) is 16.3. The maximum atomic E-state index is 12.9. The van der Waals surface area contributed by atoms with Crippen LogP contribution in [-0.2, 0) is 22.4 Å². The number of fused-ring (bicyclic) bond motifs is 1. The van der Waals surface area contributed by atoms with Gasteiger partial charge in [-0.3, -0.25) is 4.79 Å². The molecule has 6 rings (SSSR count). The Hall–Kier alpha value is -1.16. The molecular weight excluding hydrogens is 320 g/mol. The van der Waals surface area contributed by atoms with Gasteiger partial charge in [-0.2, -0.15) is 0 Å². The fourth-order valence-corrected chi connectivity index (χ4v) is 7.38. The standard InChI is InChI=1S/C20H24O3S/c21-18(20-8-12-4-13(9-20)6-14(5-12)10-20)11-23-19(22)17-7-15-2-1-3-16(15)24-17/h7,12-14H,1-6,8-11H2. The van der Waals surface area contributed by atoms with Crippen molar-refractivity contribution in [3.63, 3.8) is 0 Å². The fraction of sp³-hybridized carbons (Fsp3) is 0.700. The Kier molecular flexibility index (Phi) is 3.41. The number of hydrogen-bond donors (Lipinski definition) is 0. The summed E-state index contributed by atoms with van der Waals surface area (Å²) in [5.74, 6) is 2.13. The minimum Gasteiger partial charge on any atom is -0.453 e. The molecular formula is C20H24O3S. The van der Waals surface area contributed by atoms with E-state index in [9.17, 15) is 9.59 Å². The molecule has 3 nitrogen and oxygen atoms in total. The van der Waals surface area contributed by atoms with E-state index in [1.165, 1.54) is 36.1 Å². The van der Waals surface area contributed by atoms with E-state index in [1.807, 2.05) is 6.07 Å². The average molecular weight is 344 g/mol. The number of aryl methyl sites for hydroxylation is 2. The number of carbonyl (C=O) groups is 2. The fourth-order valence-electron chi connectivity index (χ4n) is 6.24. The molecule has 0 unspecified atom stereocenters. The first-order valence-electron chi connectivity index (χ1n) is 9.43. The summed E-state index contributed by atoms with van der Waals surface area (Å²) < 4.78 is 5.44. The molecule has 24 heavy (non-hydrogen) atoms. The first-order valence-corrected chi connectivity index (χ1v) is 10.2. The van der Waals surface area contributed by atoms with Crippen molar-refractivity contribution in [1.82, 2.24) is 0 Å². The SMILES string of the molecule is O=C(OCC(=O)C12CC3CC(CC(C3)C1)C2)c1cc2c(s1)CCC2. The predicted octanol–water partition coefficient (Wildman–Crippen LogP) is 4.18. The summed E-state index contributed by atoms with van der Waals surface area (Å²) in [7, 11) is 0. The van der Waals surface area contributed by atoms with E-state index in [-0.39, 0.29) is 23.8 Å². The van der Waals surface area contributed by atoms with E-state index >= 15 is 0 Å². The lowest BCUT2D eigenvalue weighted by molar-refractivity contribution is -0.147. The number of rotatable bonds is 4. The Morgan fingerprint density at radius 2 is 1.75 bits per heavy atom. The molecule has 1 aromatic heterocycles. The number of esters is 1. The van der Waals surface area contributed by atoms with E-state index in [0.717, 1.165) is 49.9 Å². The molecule has 1 heterocycles. The molecule has 4 heteroatoms. The zero-order valence-electron chi connectivity index (χ0n) is 14.0. The molecule has 4 saturated carbocycles. The quantitative estimate of drug-likeness (QED) is 0.770. The maximum Gasteiger partial charge on any atom is 0.348 e. The highest BCUT2D eigenvalue weighted by atomic mass is 32.1. The molecule has 0 spiro atoms. The van der Waals surface area contributed by atoms with Crippen molar-refractivity contribution in [2.24, 2.45) is 23.2 Å². The van der Waals surface area contributed by atoms with Crippen LogP contribution in [0.1, 0.15) is 65.1 Å². The van der Waals surface area contributed by atoms with E-state index in [0.29, 0.717) is 4.88 Å². The number of ether oxygens (including phenoxy) is 1. The van der Waals surface area contributed by atoms with Crippen LogP contribution in [0.25, 0.3) is 0 Å². The number of thiophene rings is 1. The number of hydrogen-bond acceptors (Lipinski definition) is 4. The maximum absolute atomic E-state index is 12.9. The number of carbonyl (C=O) groups excluding carboxylic acids is 2. The second-order valence-corrected chi connectivity index (χ2v) is 9.75.